The first-order chi connectivity index (χ1) is 10.6. The molecule has 1 fully saturated rings. The van der Waals surface area contributed by atoms with E-state index in [2.05, 4.69) is 4.98 Å². The van der Waals surface area contributed by atoms with E-state index in [1.165, 1.54) is 44.6 Å². The number of carbonyl (C=O) groups excluding carboxylic acids is 1. The largest absolute Gasteiger partial charge is 0.506 e. The molecule has 1 aromatic rings. The van der Waals surface area contributed by atoms with Gasteiger partial charge in [0.15, 0.2) is 0 Å². The highest BCUT2D eigenvalue weighted by Crippen LogP contribution is 2.32. The van der Waals surface area contributed by atoms with Gasteiger partial charge in [-0.05, 0) is 18.9 Å². The van der Waals surface area contributed by atoms with Gasteiger partial charge in [0.1, 0.15) is 11.3 Å². The fourth-order valence-electron chi connectivity index (χ4n) is 3.30. The number of H-pyrrole nitrogens is 1. The number of amides is 1. The number of carbonyl (C=O) groups is 1. The number of hydrogen-bond acceptors (Lipinski definition) is 3. The third-order valence-electron chi connectivity index (χ3n) is 4.58. The van der Waals surface area contributed by atoms with E-state index in [1.807, 2.05) is 0 Å². The number of hydrogen-bond donors (Lipinski definition) is 3. The molecule has 4 N–H and O–H groups in total. The van der Waals surface area contributed by atoms with Crippen molar-refractivity contribution in [2.45, 2.75) is 70.1 Å². The van der Waals surface area contributed by atoms with Crippen LogP contribution in [-0.2, 0) is 0 Å². The van der Waals surface area contributed by atoms with Crippen LogP contribution in [0.2, 0.25) is 0 Å². The second-order valence-corrected chi connectivity index (χ2v) is 6.28. The SMILES string of the molecule is NC(=O)c1cc(O)c(C2CCCCCCCCCC2)[nH]c1=O. The van der Waals surface area contributed by atoms with Crippen LogP contribution in [0.3, 0.4) is 0 Å². The van der Waals surface area contributed by atoms with Crippen LogP contribution in [0.15, 0.2) is 10.9 Å². The zero-order chi connectivity index (χ0) is 15.9. The van der Waals surface area contributed by atoms with Crippen molar-refractivity contribution < 1.29 is 9.90 Å². The fourth-order valence-corrected chi connectivity index (χ4v) is 3.30. The van der Waals surface area contributed by atoms with Gasteiger partial charge in [-0.1, -0.05) is 51.4 Å². The average Bonchev–Trinajstić information content (AvgIpc) is 2.54. The van der Waals surface area contributed by atoms with E-state index in [1.54, 1.807) is 0 Å². The van der Waals surface area contributed by atoms with Crippen molar-refractivity contribution >= 4 is 5.91 Å². The summed E-state index contributed by atoms with van der Waals surface area (Å²) in [5.41, 5.74) is 5.02. The van der Waals surface area contributed by atoms with Gasteiger partial charge in [-0.2, -0.15) is 0 Å². The van der Waals surface area contributed by atoms with Crippen molar-refractivity contribution in [3.63, 3.8) is 0 Å². The Hall–Kier alpha value is -1.78. The van der Waals surface area contributed by atoms with Gasteiger partial charge in [0.2, 0.25) is 0 Å². The molecule has 0 bridgehead atoms. The molecule has 0 saturated heterocycles. The Morgan fingerprint density at radius 1 is 1.05 bits per heavy atom. The molecule has 1 amide bonds. The molecule has 5 heteroatoms. The molecule has 1 aliphatic rings. The third kappa shape index (κ3) is 4.36. The Bertz CT molecular complexity index is 554. The highest BCUT2D eigenvalue weighted by molar-refractivity contribution is 5.92. The van der Waals surface area contributed by atoms with Crippen LogP contribution in [0.25, 0.3) is 0 Å². The van der Waals surface area contributed by atoms with Crippen molar-refractivity contribution in [3.8, 4) is 5.75 Å². The minimum atomic E-state index is -0.814. The van der Waals surface area contributed by atoms with Crippen LogP contribution in [0.5, 0.6) is 5.75 Å². The summed E-state index contributed by atoms with van der Waals surface area (Å²) in [5, 5.41) is 10.2. The number of aromatic hydroxyl groups is 1. The van der Waals surface area contributed by atoms with Gasteiger partial charge < -0.3 is 15.8 Å². The lowest BCUT2D eigenvalue weighted by Gasteiger charge is -2.18. The lowest BCUT2D eigenvalue weighted by Crippen LogP contribution is -2.25. The van der Waals surface area contributed by atoms with E-state index in [0.29, 0.717) is 5.69 Å². The van der Waals surface area contributed by atoms with E-state index in [0.717, 1.165) is 25.7 Å². The minimum absolute atomic E-state index is 0.0201. The number of nitrogens with one attached hydrogen (secondary N) is 1. The van der Waals surface area contributed by atoms with Crippen LogP contribution in [0.1, 0.15) is 86.2 Å². The molecule has 1 heterocycles. The maximum atomic E-state index is 11.9. The molecule has 0 spiro atoms. The summed E-state index contributed by atoms with van der Waals surface area (Å²) in [5.74, 6) is -0.688. The predicted molar refractivity (Wildman–Crippen MR) is 86.2 cm³/mol. The average molecular weight is 306 g/mol. The number of pyridine rings is 1. The molecule has 22 heavy (non-hydrogen) atoms. The summed E-state index contributed by atoms with van der Waals surface area (Å²) in [4.78, 5) is 25.8. The number of rotatable bonds is 2. The molecule has 0 aliphatic heterocycles. The maximum Gasteiger partial charge on any atom is 0.261 e. The molecule has 0 aromatic carbocycles. The van der Waals surface area contributed by atoms with Crippen LogP contribution < -0.4 is 11.3 Å². The molecule has 5 nitrogen and oxygen atoms in total. The molecule has 0 atom stereocenters. The monoisotopic (exact) mass is 306 g/mol. The first-order valence-electron chi connectivity index (χ1n) is 8.35. The van der Waals surface area contributed by atoms with Crippen LogP contribution in [0.4, 0.5) is 0 Å². The normalized spacial score (nSPS) is 18.5. The summed E-state index contributed by atoms with van der Waals surface area (Å²) in [7, 11) is 0. The quantitative estimate of drug-likeness (QED) is 0.783. The van der Waals surface area contributed by atoms with Gasteiger partial charge in [0, 0.05) is 5.92 Å². The third-order valence-corrected chi connectivity index (χ3v) is 4.58. The molecule has 122 valence electrons. The first kappa shape index (κ1) is 16.6. The Labute approximate surface area is 130 Å². The topological polar surface area (TPSA) is 96.2 Å². The van der Waals surface area contributed by atoms with Gasteiger partial charge in [-0.3, -0.25) is 9.59 Å². The van der Waals surface area contributed by atoms with Gasteiger partial charge >= 0.3 is 0 Å². The highest BCUT2D eigenvalue weighted by Gasteiger charge is 2.19. The van der Waals surface area contributed by atoms with Gasteiger partial charge in [-0.15, -0.1) is 0 Å². The molecule has 0 unspecified atom stereocenters. The van der Waals surface area contributed by atoms with Crippen molar-refractivity contribution in [1.29, 1.82) is 0 Å². The van der Waals surface area contributed by atoms with E-state index < -0.39 is 11.5 Å². The summed E-state index contributed by atoms with van der Waals surface area (Å²) >= 11 is 0. The van der Waals surface area contributed by atoms with Crippen LogP contribution >= 0.6 is 0 Å². The number of aromatic amines is 1. The van der Waals surface area contributed by atoms with Crippen LogP contribution in [0, 0.1) is 0 Å². The number of primary amides is 1. The van der Waals surface area contributed by atoms with Gasteiger partial charge in [0.25, 0.3) is 11.5 Å². The van der Waals surface area contributed by atoms with E-state index in [4.69, 9.17) is 5.73 Å². The lowest BCUT2D eigenvalue weighted by atomic mass is 9.91. The zero-order valence-electron chi connectivity index (χ0n) is 13.1. The Morgan fingerprint density at radius 2 is 1.55 bits per heavy atom. The summed E-state index contributed by atoms with van der Waals surface area (Å²) in [6.07, 6.45) is 11.6. The summed E-state index contributed by atoms with van der Waals surface area (Å²) in [6, 6.07) is 1.21. The molecule has 0 radical (unpaired) electrons. The summed E-state index contributed by atoms with van der Waals surface area (Å²) in [6.45, 7) is 0. The maximum absolute atomic E-state index is 11.9. The van der Waals surface area contributed by atoms with Gasteiger partial charge in [-0.25, -0.2) is 0 Å². The van der Waals surface area contributed by atoms with Crippen molar-refractivity contribution in [1.82, 2.24) is 4.98 Å². The number of nitrogens with two attached hydrogens (primary N) is 1. The standard InChI is InChI=1S/C17H26N2O3/c18-16(21)13-11-14(20)15(19-17(13)22)12-9-7-5-3-1-2-4-6-8-10-12/h11-12,20H,1-10H2,(H2,18,21)(H,19,22). The Kier molecular flexibility index (Phi) is 6.04. The van der Waals surface area contributed by atoms with E-state index in [-0.39, 0.29) is 17.2 Å². The molecular weight excluding hydrogens is 280 g/mol. The van der Waals surface area contributed by atoms with Crippen molar-refractivity contribution in [3.05, 3.63) is 27.7 Å². The molecular formula is C17H26N2O3. The van der Waals surface area contributed by atoms with E-state index >= 15 is 0 Å². The fraction of sp³-hybridized carbons (Fsp3) is 0.647. The number of aromatic nitrogens is 1. The first-order valence-corrected chi connectivity index (χ1v) is 8.35. The minimum Gasteiger partial charge on any atom is -0.506 e. The Morgan fingerprint density at radius 3 is 2.05 bits per heavy atom. The second kappa shape index (κ2) is 8.01. The molecule has 1 aromatic heterocycles. The molecule has 1 saturated carbocycles. The second-order valence-electron chi connectivity index (χ2n) is 6.28. The lowest BCUT2D eigenvalue weighted by molar-refractivity contribution is 0.0998. The highest BCUT2D eigenvalue weighted by atomic mass is 16.3. The van der Waals surface area contributed by atoms with Crippen molar-refractivity contribution in [2.24, 2.45) is 5.73 Å². The molecule has 2 rings (SSSR count). The predicted octanol–water partition coefficient (Wildman–Crippen LogP) is 3.18. The van der Waals surface area contributed by atoms with Gasteiger partial charge in [0.05, 0.1) is 5.69 Å². The van der Waals surface area contributed by atoms with Crippen LogP contribution in [-0.4, -0.2) is 16.0 Å². The zero-order valence-corrected chi connectivity index (χ0v) is 13.1. The smallest absolute Gasteiger partial charge is 0.261 e. The van der Waals surface area contributed by atoms with E-state index in [9.17, 15) is 14.7 Å². The molecule has 1 aliphatic carbocycles. The Balaban J connectivity index is 2.20. The van der Waals surface area contributed by atoms with Crippen molar-refractivity contribution in [2.75, 3.05) is 0 Å². The summed E-state index contributed by atoms with van der Waals surface area (Å²) < 4.78 is 0.